The molecule has 2 aliphatic heterocycles. The van der Waals surface area contributed by atoms with Crippen molar-refractivity contribution in [2.24, 2.45) is 0 Å². The Labute approximate surface area is 234 Å². The number of ether oxygens (including phenoxy) is 2. The van der Waals surface area contributed by atoms with E-state index in [2.05, 4.69) is 31.9 Å². The zero-order valence-electron chi connectivity index (χ0n) is 22.8. The summed E-state index contributed by atoms with van der Waals surface area (Å²) in [7, 11) is 0. The van der Waals surface area contributed by atoms with Gasteiger partial charge in [-0.15, -0.1) is 0 Å². The van der Waals surface area contributed by atoms with Gasteiger partial charge >= 0.3 is 0 Å². The minimum Gasteiger partial charge on any atom is -0.494 e. The van der Waals surface area contributed by atoms with Gasteiger partial charge < -0.3 is 29.2 Å². The molecule has 4 aromatic carbocycles. The first-order valence-electron chi connectivity index (χ1n) is 14.0. The van der Waals surface area contributed by atoms with Gasteiger partial charge in [0.1, 0.15) is 11.5 Å². The molecule has 2 bridgehead atoms. The summed E-state index contributed by atoms with van der Waals surface area (Å²) in [5.74, 6) is 1.39. The van der Waals surface area contributed by atoms with Crippen LogP contribution in [0.2, 0.25) is 0 Å². The normalized spacial score (nSPS) is 14.1. The van der Waals surface area contributed by atoms with E-state index in [4.69, 9.17) is 9.47 Å². The Morgan fingerprint density at radius 1 is 0.634 bits per heavy atom. The maximum Gasteiger partial charge on any atom is 0.197 e. The van der Waals surface area contributed by atoms with E-state index in [0.29, 0.717) is 59.3 Å². The van der Waals surface area contributed by atoms with E-state index in [1.54, 1.807) is 0 Å². The fourth-order valence-corrected chi connectivity index (χ4v) is 6.57. The molecule has 0 aliphatic carbocycles. The van der Waals surface area contributed by atoms with Crippen molar-refractivity contribution in [3.63, 3.8) is 0 Å². The fraction of sp³-hybridized carbons (Fsp3) is 0.212. The number of aromatic nitrogens is 2. The van der Waals surface area contributed by atoms with Gasteiger partial charge in [0.15, 0.2) is 10.9 Å². The molecule has 6 aromatic rings. The Hall–Kier alpha value is -4.98. The Morgan fingerprint density at radius 2 is 1.10 bits per heavy atom. The average Bonchev–Trinajstić information content (AvgIpc) is 2.98. The molecule has 204 valence electrons. The molecule has 0 saturated heterocycles. The van der Waals surface area contributed by atoms with E-state index in [1.807, 2.05) is 62.4 Å². The molecule has 0 radical (unpaired) electrons. The maximum absolute atomic E-state index is 13.6. The number of hydrogen-bond acceptors (Lipinski definition) is 6. The van der Waals surface area contributed by atoms with Gasteiger partial charge in [0, 0.05) is 57.1 Å². The van der Waals surface area contributed by atoms with Crippen molar-refractivity contribution in [3.8, 4) is 11.5 Å². The highest BCUT2D eigenvalue weighted by atomic mass is 16.5. The number of anilines is 2. The molecular weight excluding hydrogens is 516 g/mol. The van der Waals surface area contributed by atoms with Crippen LogP contribution in [0, 0.1) is 0 Å². The van der Waals surface area contributed by atoms with Crippen molar-refractivity contribution in [1.29, 1.82) is 0 Å². The third-order valence-corrected chi connectivity index (χ3v) is 8.40. The smallest absolute Gasteiger partial charge is 0.197 e. The molecule has 0 unspecified atom stereocenters. The van der Waals surface area contributed by atoms with E-state index in [9.17, 15) is 9.59 Å². The highest BCUT2D eigenvalue weighted by molar-refractivity contribution is 5.99. The van der Waals surface area contributed by atoms with Crippen LogP contribution in [0.15, 0.2) is 70.3 Å². The molecule has 8 heteroatoms. The van der Waals surface area contributed by atoms with Crippen LogP contribution >= 0.6 is 0 Å². The van der Waals surface area contributed by atoms with E-state index in [-0.39, 0.29) is 10.9 Å². The molecule has 8 nitrogen and oxygen atoms in total. The minimum atomic E-state index is 0.00202. The summed E-state index contributed by atoms with van der Waals surface area (Å²) in [5, 5.41) is 2.60. The van der Waals surface area contributed by atoms with Crippen LogP contribution in [0.25, 0.3) is 43.6 Å². The van der Waals surface area contributed by atoms with Gasteiger partial charge in [0.2, 0.25) is 0 Å². The van der Waals surface area contributed by atoms with Crippen LogP contribution < -0.4 is 30.1 Å². The molecule has 2 N–H and O–H groups in total. The molecule has 4 heterocycles. The van der Waals surface area contributed by atoms with Crippen molar-refractivity contribution in [3.05, 3.63) is 92.2 Å². The number of nitrogens with zero attached hydrogens (tertiary/aromatic N) is 2. The molecule has 2 aliphatic rings. The molecule has 0 amide bonds. The summed E-state index contributed by atoms with van der Waals surface area (Å²) in [6.07, 6.45) is 0. The Bertz CT molecular complexity index is 2030. The standard InChI is InChI=1S/C33H28N4O4/c1-3-40-18-5-9-26-22(13-18)32(38)20-7-11-28-24(30(20)34-26)15-36-17-37(28)16-25-29(36)12-8-21-31(25)35-27-10-6-19(41-4-2)14-23(27)33(21)39/h5-14H,3-4,15-17H2,1-2H3,(H,34,38)(H,35,39). The van der Waals surface area contributed by atoms with Gasteiger partial charge in [-0.25, -0.2) is 0 Å². The summed E-state index contributed by atoms with van der Waals surface area (Å²) in [6.45, 7) is 7.00. The van der Waals surface area contributed by atoms with Gasteiger partial charge in [-0.3, -0.25) is 9.59 Å². The number of nitrogens with one attached hydrogen (secondary N) is 2. The van der Waals surface area contributed by atoms with Crippen molar-refractivity contribution in [1.82, 2.24) is 9.97 Å². The molecule has 41 heavy (non-hydrogen) atoms. The second-order valence-corrected chi connectivity index (χ2v) is 10.7. The molecule has 2 aromatic heterocycles. The highest BCUT2D eigenvalue weighted by Crippen LogP contribution is 2.42. The number of benzene rings is 4. The summed E-state index contributed by atoms with van der Waals surface area (Å²) in [4.78, 5) is 38.9. The minimum absolute atomic E-state index is 0.00202. The second-order valence-electron chi connectivity index (χ2n) is 10.7. The number of hydrogen-bond donors (Lipinski definition) is 2. The van der Waals surface area contributed by atoms with Crippen LogP contribution in [-0.4, -0.2) is 29.9 Å². The lowest BCUT2D eigenvalue weighted by molar-refractivity contribution is 0.340. The number of fused-ring (bicyclic) bond motifs is 12. The number of rotatable bonds is 4. The topological polar surface area (TPSA) is 90.7 Å². The fourth-order valence-electron chi connectivity index (χ4n) is 6.57. The first-order valence-corrected chi connectivity index (χ1v) is 14.0. The molecule has 0 saturated carbocycles. The number of aromatic amines is 2. The largest absolute Gasteiger partial charge is 0.494 e. The third kappa shape index (κ3) is 3.46. The van der Waals surface area contributed by atoms with Crippen LogP contribution in [0.3, 0.4) is 0 Å². The van der Waals surface area contributed by atoms with Gasteiger partial charge in [0.05, 0.1) is 41.9 Å². The second kappa shape index (κ2) is 8.76. The SMILES string of the molecule is CCOc1ccc2[nH]c3c4c(ccc3c(=O)c2c1)N1Cc2c(ccc3c(=O)c5cc(OCC)ccc5[nH]c23)N(C4)C1. The summed E-state index contributed by atoms with van der Waals surface area (Å²) in [5.41, 5.74) is 7.73. The molecule has 0 spiro atoms. The Morgan fingerprint density at radius 3 is 1.54 bits per heavy atom. The number of pyridine rings is 2. The van der Waals surface area contributed by atoms with E-state index in [1.165, 1.54) is 0 Å². The summed E-state index contributed by atoms with van der Waals surface area (Å²) >= 11 is 0. The lowest BCUT2D eigenvalue weighted by atomic mass is 9.96. The van der Waals surface area contributed by atoms with E-state index < -0.39 is 0 Å². The highest BCUT2D eigenvalue weighted by Gasteiger charge is 2.32. The predicted molar refractivity (Wildman–Crippen MR) is 164 cm³/mol. The van der Waals surface area contributed by atoms with Crippen LogP contribution in [0.4, 0.5) is 11.4 Å². The maximum atomic E-state index is 13.6. The van der Waals surface area contributed by atoms with Gasteiger partial charge in [0.25, 0.3) is 0 Å². The quantitative estimate of drug-likeness (QED) is 0.274. The van der Waals surface area contributed by atoms with Crippen LogP contribution in [0.5, 0.6) is 11.5 Å². The summed E-state index contributed by atoms with van der Waals surface area (Å²) < 4.78 is 11.3. The Balaban J connectivity index is 1.27. The lowest BCUT2D eigenvalue weighted by Crippen LogP contribution is -2.46. The monoisotopic (exact) mass is 544 g/mol. The molecule has 0 atom stereocenters. The van der Waals surface area contributed by atoms with Gasteiger partial charge in [-0.1, -0.05) is 0 Å². The zero-order valence-corrected chi connectivity index (χ0v) is 22.8. The van der Waals surface area contributed by atoms with Crippen molar-refractivity contribution >= 4 is 55.0 Å². The molecule has 8 rings (SSSR count). The Kier molecular flexibility index (Phi) is 5.10. The first-order chi connectivity index (χ1) is 20.0. The summed E-state index contributed by atoms with van der Waals surface area (Å²) in [6, 6.07) is 19.3. The zero-order chi connectivity index (χ0) is 27.8. The van der Waals surface area contributed by atoms with E-state index in [0.717, 1.165) is 51.2 Å². The van der Waals surface area contributed by atoms with E-state index >= 15 is 0 Å². The average molecular weight is 545 g/mol. The molecule has 0 fully saturated rings. The first kappa shape index (κ1) is 23.9. The molecular formula is C33H28N4O4. The van der Waals surface area contributed by atoms with Crippen molar-refractivity contribution in [2.75, 3.05) is 29.7 Å². The van der Waals surface area contributed by atoms with Crippen LogP contribution in [-0.2, 0) is 13.1 Å². The van der Waals surface area contributed by atoms with Crippen LogP contribution in [0.1, 0.15) is 25.0 Å². The van der Waals surface area contributed by atoms with Crippen molar-refractivity contribution < 1.29 is 9.47 Å². The van der Waals surface area contributed by atoms with Gasteiger partial charge in [-0.05, 0) is 74.5 Å². The number of H-pyrrole nitrogens is 2. The van der Waals surface area contributed by atoms with Gasteiger partial charge in [-0.2, -0.15) is 0 Å². The third-order valence-electron chi connectivity index (χ3n) is 8.40. The predicted octanol–water partition coefficient (Wildman–Crippen LogP) is 5.77. The lowest BCUT2D eigenvalue weighted by Gasteiger charge is -2.45. The van der Waals surface area contributed by atoms with Crippen molar-refractivity contribution in [2.45, 2.75) is 26.9 Å².